The quantitative estimate of drug-likeness (QED) is 0.511. The molecule has 3 rings (SSSR count). The molecule has 0 atom stereocenters. The van der Waals surface area contributed by atoms with Crippen LogP contribution in [-0.2, 0) is 16.6 Å². The third-order valence-electron chi connectivity index (χ3n) is 4.33. The summed E-state index contributed by atoms with van der Waals surface area (Å²) in [6.07, 6.45) is 4.33. The summed E-state index contributed by atoms with van der Waals surface area (Å²) in [5.74, 6) is 1.97. The number of imidazole rings is 1. The van der Waals surface area contributed by atoms with Crippen LogP contribution in [0.3, 0.4) is 0 Å². The lowest BCUT2D eigenvalue weighted by molar-refractivity contribution is 0.271. The van der Waals surface area contributed by atoms with E-state index in [1.54, 1.807) is 30.5 Å². The summed E-state index contributed by atoms with van der Waals surface area (Å²) < 4.78 is 35.3. The molecule has 0 amide bonds. The molecule has 0 aliphatic heterocycles. The summed E-state index contributed by atoms with van der Waals surface area (Å²) in [6, 6.07) is 16.5. The second kappa shape index (κ2) is 9.71. The van der Waals surface area contributed by atoms with E-state index >= 15 is 0 Å². The fourth-order valence-corrected chi connectivity index (χ4v) is 3.93. The molecule has 154 valence electrons. The molecule has 1 heterocycles. The van der Waals surface area contributed by atoms with Gasteiger partial charge in [-0.1, -0.05) is 44.2 Å². The highest BCUT2D eigenvalue weighted by Crippen LogP contribution is 2.18. The molecule has 0 spiro atoms. The Balaban J connectivity index is 1.52. The third-order valence-corrected chi connectivity index (χ3v) is 5.81. The number of nitrogens with one attached hydrogen (secondary N) is 1. The van der Waals surface area contributed by atoms with E-state index in [9.17, 15) is 8.42 Å². The van der Waals surface area contributed by atoms with Crippen LogP contribution in [-0.4, -0.2) is 31.1 Å². The Morgan fingerprint density at radius 2 is 1.79 bits per heavy atom. The molecular formula is C22H27N3O3S. The maximum absolute atomic E-state index is 12.5. The Labute approximate surface area is 172 Å². The van der Waals surface area contributed by atoms with Gasteiger partial charge in [-0.05, 0) is 36.6 Å². The van der Waals surface area contributed by atoms with Crippen molar-refractivity contribution < 1.29 is 13.2 Å². The Bertz CT molecular complexity index is 997. The van der Waals surface area contributed by atoms with E-state index in [1.165, 1.54) is 0 Å². The van der Waals surface area contributed by atoms with Crippen molar-refractivity contribution in [2.75, 3.05) is 13.2 Å². The molecule has 0 radical (unpaired) electrons. The van der Waals surface area contributed by atoms with Gasteiger partial charge in [-0.3, -0.25) is 0 Å². The maximum atomic E-state index is 12.5. The first-order chi connectivity index (χ1) is 14.0. The van der Waals surface area contributed by atoms with Gasteiger partial charge in [0, 0.05) is 31.0 Å². The van der Waals surface area contributed by atoms with Crippen molar-refractivity contribution in [1.29, 1.82) is 0 Å². The lowest BCUT2D eigenvalue weighted by atomic mass is 10.2. The van der Waals surface area contributed by atoms with Gasteiger partial charge in [-0.2, -0.15) is 0 Å². The normalized spacial score (nSPS) is 11.7. The molecule has 29 heavy (non-hydrogen) atoms. The van der Waals surface area contributed by atoms with Crippen molar-refractivity contribution in [3.63, 3.8) is 0 Å². The molecule has 2 aromatic carbocycles. The predicted molar refractivity (Wildman–Crippen MR) is 114 cm³/mol. The first-order valence-electron chi connectivity index (χ1n) is 9.75. The van der Waals surface area contributed by atoms with Crippen LogP contribution in [0.15, 0.2) is 71.9 Å². The summed E-state index contributed by atoms with van der Waals surface area (Å²) in [5.41, 5.74) is 1.04. The molecule has 7 heteroatoms. The highest BCUT2D eigenvalue weighted by Gasteiger charge is 2.13. The molecule has 3 aromatic rings. The summed E-state index contributed by atoms with van der Waals surface area (Å²) in [4.78, 5) is 4.65. The minimum absolute atomic E-state index is 0.238. The Morgan fingerprint density at radius 3 is 2.48 bits per heavy atom. The lowest BCUT2D eigenvalue weighted by Gasteiger charge is -2.11. The maximum Gasteiger partial charge on any atom is 0.240 e. The summed E-state index contributed by atoms with van der Waals surface area (Å²) in [5, 5.41) is 0. The van der Waals surface area contributed by atoms with E-state index in [4.69, 9.17) is 4.74 Å². The van der Waals surface area contributed by atoms with Crippen molar-refractivity contribution in [3.05, 3.63) is 67.0 Å². The Morgan fingerprint density at radius 1 is 1.07 bits per heavy atom. The van der Waals surface area contributed by atoms with Gasteiger partial charge in [0.25, 0.3) is 0 Å². The monoisotopic (exact) mass is 413 g/mol. The largest absolute Gasteiger partial charge is 0.493 e. The van der Waals surface area contributed by atoms with E-state index < -0.39 is 10.0 Å². The van der Waals surface area contributed by atoms with Crippen molar-refractivity contribution in [2.45, 2.75) is 31.7 Å². The topological polar surface area (TPSA) is 73.2 Å². The molecule has 1 N–H and O–H groups in total. The Hall–Kier alpha value is -2.64. The van der Waals surface area contributed by atoms with Gasteiger partial charge in [0.05, 0.1) is 11.5 Å². The number of benzene rings is 2. The molecule has 0 aliphatic rings. The molecular weight excluding hydrogens is 386 g/mol. The highest BCUT2D eigenvalue weighted by molar-refractivity contribution is 7.89. The molecule has 1 aromatic heterocycles. The second-order valence-electron chi connectivity index (χ2n) is 7.24. The van der Waals surface area contributed by atoms with Gasteiger partial charge in [-0.15, -0.1) is 0 Å². The number of sulfonamides is 1. The zero-order valence-electron chi connectivity index (χ0n) is 16.8. The highest BCUT2D eigenvalue weighted by atomic mass is 32.2. The van der Waals surface area contributed by atoms with Crippen LogP contribution in [0.4, 0.5) is 0 Å². The summed E-state index contributed by atoms with van der Waals surface area (Å²) in [6.45, 7) is 5.75. The average molecular weight is 414 g/mol. The smallest absolute Gasteiger partial charge is 0.240 e. The van der Waals surface area contributed by atoms with Gasteiger partial charge in [0.1, 0.15) is 11.6 Å². The van der Waals surface area contributed by atoms with Crippen LogP contribution in [0.1, 0.15) is 20.3 Å². The number of nitrogens with zero attached hydrogens (tertiary/aromatic N) is 2. The minimum Gasteiger partial charge on any atom is -0.493 e. The molecule has 0 unspecified atom stereocenters. The standard InChI is InChI=1S/C22H27N3O3S/c1-18(2)17-28-20-9-11-21(12-10-20)29(26,27)24-13-6-15-25-16-14-23-22(25)19-7-4-3-5-8-19/h3-5,7-12,14,16,18,24H,6,13,15,17H2,1-2H3. The zero-order chi connectivity index (χ0) is 20.7. The van der Waals surface area contributed by atoms with Crippen molar-refractivity contribution in [2.24, 2.45) is 5.92 Å². The SMILES string of the molecule is CC(C)COc1ccc(S(=O)(=O)NCCCn2ccnc2-c2ccccc2)cc1. The van der Waals surface area contributed by atoms with Crippen LogP contribution < -0.4 is 9.46 Å². The van der Waals surface area contributed by atoms with Crippen LogP contribution in [0.2, 0.25) is 0 Å². The molecule has 0 saturated carbocycles. The summed E-state index contributed by atoms with van der Waals surface area (Å²) in [7, 11) is -3.54. The first-order valence-corrected chi connectivity index (χ1v) is 11.2. The van der Waals surface area contributed by atoms with E-state index in [0.29, 0.717) is 37.8 Å². The van der Waals surface area contributed by atoms with Crippen molar-refractivity contribution >= 4 is 10.0 Å². The Kier molecular flexibility index (Phi) is 7.06. The van der Waals surface area contributed by atoms with Gasteiger partial charge >= 0.3 is 0 Å². The van der Waals surface area contributed by atoms with Gasteiger partial charge in [0.15, 0.2) is 0 Å². The fourth-order valence-electron chi connectivity index (χ4n) is 2.85. The zero-order valence-corrected chi connectivity index (χ0v) is 17.6. The lowest BCUT2D eigenvalue weighted by Crippen LogP contribution is -2.25. The van der Waals surface area contributed by atoms with Crippen LogP contribution >= 0.6 is 0 Å². The van der Waals surface area contributed by atoms with Crippen LogP contribution in [0.5, 0.6) is 5.75 Å². The first kappa shape index (κ1) is 21.1. The molecule has 0 bridgehead atoms. The number of ether oxygens (including phenoxy) is 1. The molecule has 0 fully saturated rings. The molecule has 6 nitrogen and oxygen atoms in total. The van der Waals surface area contributed by atoms with E-state index in [-0.39, 0.29) is 4.90 Å². The second-order valence-corrected chi connectivity index (χ2v) is 9.00. The van der Waals surface area contributed by atoms with E-state index in [0.717, 1.165) is 11.4 Å². The molecule has 0 saturated heterocycles. The average Bonchev–Trinajstić information content (AvgIpc) is 3.19. The van der Waals surface area contributed by atoms with Crippen LogP contribution in [0, 0.1) is 5.92 Å². The summed E-state index contributed by atoms with van der Waals surface area (Å²) >= 11 is 0. The van der Waals surface area contributed by atoms with Gasteiger partial charge in [-0.25, -0.2) is 18.1 Å². The van der Waals surface area contributed by atoms with Gasteiger partial charge < -0.3 is 9.30 Å². The number of hydrogen-bond donors (Lipinski definition) is 1. The third kappa shape index (κ3) is 5.92. The minimum atomic E-state index is -3.54. The van der Waals surface area contributed by atoms with E-state index in [2.05, 4.69) is 23.6 Å². The molecule has 0 aliphatic carbocycles. The number of aryl methyl sites for hydroxylation is 1. The predicted octanol–water partition coefficient (Wildman–Crippen LogP) is 3.95. The van der Waals surface area contributed by atoms with Gasteiger partial charge in [0.2, 0.25) is 10.0 Å². The number of rotatable bonds is 10. The van der Waals surface area contributed by atoms with Crippen LogP contribution in [0.25, 0.3) is 11.4 Å². The number of hydrogen-bond acceptors (Lipinski definition) is 4. The fraction of sp³-hybridized carbons (Fsp3) is 0.318. The number of aromatic nitrogens is 2. The van der Waals surface area contributed by atoms with E-state index in [1.807, 2.05) is 41.1 Å². The van der Waals surface area contributed by atoms with Crippen molar-refractivity contribution in [1.82, 2.24) is 14.3 Å². The van der Waals surface area contributed by atoms with Crippen molar-refractivity contribution in [3.8, 4) is 17.1 Å².